The molecule has 0 aliphatic carbocycles. The minimum absolute atomic E-state index is 0.520. The van der Waals surface area contributed by atoms with Crippen LogP contribution < -0.4 is 0 Å². The van der Waals surface area contributed by atoms with E-state index in [2.05, 4.69) is 25.8 Å². The van der Waals surface area contributed by atoms with Crippen LogP contribution in [0.15, 0.2) is 0 Å². The standard InChI is InChI=1S/C7H16ClN/c1-4-5-9(3)7(2)6-8/h7H,4-6H2,1-3H3. The van der Waals surface area contributed by atoms with E-state index in [-0.39, 0.29) is 0 Å². The van der Waals surface area contributed by atoms with Crippen LogP contribution in [0.1, 0.15) is 20.3 Å². The lowest BCUT2D eigenvalue weighted by Gasteiger charge is -2.21. The number of alkyl halides is 1. The van der Waals surface area contributed by atoms with Gasteiger partial charge in [0.05, 0.1) is 0 Å². The normalized spacial score (nSPS) is 14.3. The van der Waals surface area contributed by atoms with Gasteiger partial charge in [-0.3, -0.25) is 0 Å². The van der Waals surface area contributed by atoms with Crippen molar-refractivity contribution in [1.82, 2.24) is 4.90 Å². The molecule has 0 saturated carbocycles. The molecule has 0 rings (SSSR count). The van der Waals surface area contributed by atoms with Gasteiger partial charge < -0.3 is 4.90 Å². The Kier molecular flexibility index (Phi) is 5.21. The first-order valence-electron chi connectivity index (χ1n) is 3.48. The number of rotatable bonds is 4. The summed E-state index contributed by atoms with van der Waals surface area (Å²) < 4.78 is 0. The Morgan fingerprint density at radius 3 is 2.44 bits per heavy atom. The highest BCUT2D eigenvalue weighted by Gasteiger charge is 2.04. The van der Waals surface area contributed by atoms with E-state index in [0.29, 0.717) is 6.04 Å². The maximum absolute atomic E-state index is 5.64. The molecule has 1 atom stereocenters. The van der Waals surface area contributed by atoms with Crippen molar-refractivity contribution < 1.29 is 0 Å². The minimum atomic E-state index is 0.520. The van der Waals surface area contributed by atoms with Gasteiger partial charge in [-0.1, -0.05) is 6.92 Å². The predicted molar refractivity (Wildman–Crippen MR) is 43.1 cm³/mol. The summed E-state index contributed by atoms with van der Waals surface area (Å²) in [4.78, 5) is 2.27. The number of halogens is 1. The van der Waals surface area contributed by atoms with Crippen molar-refractivity contribution in [3.63, 3.8) is 0 Å². The average Bonchev–Trinajstić information content (AvgIpc) is 1.87. The van der Waals surface area contributed by atoms with Crippen molar-refractivity contribution in [3.8, 4) is 0 Å². The lowest BCUT2D eigenvalue weighted by atomic mass is 10.3. The van der Waals surface area contributed by atoms with Gasteiger partial charge in [-0.25, -0.2) is 0 Å². The van der Waals surface area contributed by atoms with E-state index in [4.69, 9.17) is 11.6 Å². The average molecular weight is 150 g/mol. The van der Waals surface area contributed by atoms with E-state index >= 15 is 0 Å². The Balaban J connectivity index is 3.32. The molecule has 9 heavy (non-hydrogen) atoms. The third kappa shape index (κ3) is 3.77. The molecule has 0 spiro atoms. The summed E-state index contributed by atoms with van der Waals surface area (Å²) in [7, 11) is 2.11. The quantitative estimate of drug-likeness (QED) is 0.553. The van der Waals surface area contributed by atoms with E-state index in [1.54, 1.807) is 0 Å². The molecule has 0 saturated heterocycles. The van der Waals surface area contributed by atoms with Gasteiger partial charge in [0, 0.05) is 11.9 Å². The molecule has 0 fully saturated rings. The fourth-order valence-corrected chi connectivity index (χ4v) is 0.926. The molecule has 1 unspecified atom stereocenters. The van der Waals surface area contributed by atoms with Crippen LogP contribution in [0.25, 0.3) is 0 Å². The summed E-state index contributed by atoms with van der Waals surface area (Å²) >= 11 is 5.64. The molecule has 0 heterocycles. The van der Waals surface area contributed by atoms with Gasteiger partial charge in [-0.15, -0.1) is 11.6 Å². The molecule has 0 aliphatic heterocycles. The molecular weight excluding hydrogens is 134 g/mol. The molecule has 0 N–H and O–H groups in total. The van der Waals surface area contributed by atoms with E-state index in [1.807, 2.05) is 0 Å². The first kappa shape index (κ1) is 9.25. The van der Waals surface area contributed by atoms with E-state index in [0.717, 1.165) is 12.4 Å². The molecule has 0 aromatic rings. The number of hydrogen-bond donors (Lipinski definition) is 0. The van der Waals surface area contributed by atoms with E-state index in [9.17, 15) is 0 Å². The van der Waals surface area contributed by atoms with Crippen molar-refractivity contribution in [1.29, 1.82) is 0 Å². The van der Waals surface area contributed by atoms with E-state index in [1.165, 1.54) is 6.42 Å². The van der Waals surface area contributed by atoms with E-state index < -0.39 is 0 Å². The highest BCUT2D eigenvalue weighted by molar-refractivity contribution is 6.18. The monoisotopic (exact) mass is 149 g/mol. The fourth-order valence-electron chi connectivity index (χ4n) is 0.691. The van der Waals surface area contributed by atoms with Crippen molar-refractivity contribution >= 4 is 11.6 Å². The van der Waals surface area contributed by atoms with Crippen molar-refractivity contribution in [2.75, 3.05) is 19.5 Å². The first-order valence-corrected chi connectivity index (χ1v) is 4.02. The van der Waals surface area contributed by atoms with Gasteiger partial charge in [0.1, 0.15) is 0 Å². The SMILES string of the molecule is CCCN(C)C(C)CCl. The molecule has 1 nitrogen and oxygen atoms in total. The Hall–Kier alpha value is 0.250. The molecule has 0 aromatic carbocycles. The van der Waals surface area contributed by atoms with Crippen LogP contribution >= 0.6 is 11.6 Å². The Bertz CT molecular complexity index is 65.9. The van der Waals surface area contributed by atoms with Crippen LogP contribution in [0, 0.1) is 0 Å². The third-order valence-electron chi connectivity index (χ3n) is 1.55. The Labute approximate surface area is 63.0 Å². The lowest BCUT2D eigenvalue weighted by Crippen LogP contribution is -2.30. The van der Waals surface area contributed by atoms with Gasteiger partial charge in [0.15, 0.2) is 0 Å². The zero-order chi connectivity index (χ0) is 7.28. The number of nitrogens with zero attached hydrogens (tertiary/aromatic N) is 1. The highest BCUT2D eigenvalue weighted by atomic mass is 35.5. The first-order chi connectivity index (χ1) is 4.22. The number of hydrogen-bond acceptors (Lipinski definition) is 1. The third-order valence-corrected chi connectivity index (χ3v) is 2.00. The zero-order valence-electron chi connectivity index (χ0n) is 6.52. The second-order valence-corrected chi connectivity index (χ2v) is 2.79. The molecule has 0 amide bonds. The zero-order valence-corrected chi connectivity index (χ0v) is 7.28. The maximum atomic E-state index is 5.64. The van der Waals surface area contributed by atoms with Gasteiger partial charge in [0.2, 0.25) is 0 Å². The van der Waals surface area contributed by atoms with Gasteiger partial charge in [-0.2, -0.15) is 0 Å². The molecule has 0 radical (unpaired) electrons. The fraction of sp³-hybridized carbons (Fsp3) is 1.00. The van der Waals surface area contributed by atoms with Gasteiger partial charge >= 0.3 is 0 Å². The lowest BCUT2D eigenvalue weighted by molar-refractivity contribution is 0.277. The molecule has 2 heteroatoms. The molecule has 0 aromatic heterocycles. The smallest absolute Gasteiger partial charge is 0.0376 e. The molecule has 0 aliphatic rings. The van der Waals surface area contributed by atoms with Crippen LogP contribution in [0.3, 0.4) is 0 Å². The van der Waals surface area contributed by atoms with Gasteiger partial charge in [-0.05, 0) is 26.9 Å². The minimum Gasteiger partial charge on any atom is -0.303 e. The summed E-state index contributed by atoms with van der Waals surface area (Å²) in [5.74, 6) is 0.733. The molecular formula is C7H16ClN. The van der Waals surface area contributed by atoms with Crippen molar-refractivity contribution in [2.24, 2.45) is 0 Å². The van der Waals surface area contributed by atoms with Crippen LogP contribution in [0.5, 0.6) is 0 Å². The van der Waals surface area contributed by atoms with Crippen LogP contribution in [-0.4, -0.2) is 30.4 Å². The summed E-state index contributed by atoms with van der Waals surface area (Å²) in [5.41, 5.74) is 0. The predicted octanol–water partition coefficient (Wildman–Crippen LogP) is 1.96. The van der Waals surface area contributed by atoms with Gasteiger partial charge in [0.25, 0.3) is 0 Å². The van der Waals surface area contributed by atoms with Crippen LogP contribution in [-0.2, 0) is 0 Å². The summed E-state index contributed by atoms with van der Waals surface area (Å²) in [6.07, 6.45) is 1.21. The summed E-state index contributed by atoms with van der Waals surface area (Å²) in [6, 6.07) is 0.520. The van der Waals surface area contributed by atoms with Crippen molar-refractivity contribution in [2.45, 2.75) is 26.3 Å². The Morgan fingerprint density at radius 2 is 2.11 bits per heavy atom. The maximum Gasteiger partial charge on any atom is 0.0376 e. The van der Waals surface area contributed by atoms with Crippen molar-refractivity contribution in [3.05, 3.63) is 0 Å². The second-order valence-electron chi connectivity index (χ2n) is 2.48. The highest BCUT2D eigenvalue weighted by Crippen LogP contribution is 1.97. The van der Waals surface area contributed by atoms with Crippen LogP contribution in [0.2, 0.25) is 0 Å². The van der Waals surface area contributed by atoms with Crippen LogP contribution in [0.4, 0.5) is 0 Å². The molecule has 56 valence electrons. The second kappa shape index (κ2) is 5.07. The summed E-state index contributed by atoms with van der Waals surface area (Å²) in [5, 5.41) is 0. The molecule has 0 bridgehead atoms. The largest absolute Gasteiger partial charge is 0.303 e. The summed E-state index contributed by atoms with van der Waals surface area (Å²) in [6.45, 7) is 5.47. The topological polar surface area (TPSA) is 3.24 Å². The Morgan fingerprint density at radius 1 is 1.56 bits per heavy atom.